The zero-order chi connectivity index (χ0) is 13.7. The first-order chi connectivity index (χ1) is 9.08. The summed E-state index contributed by atoms with van der Waals surface area (Å²) in [6.07, 6.45) is 0.655. The van der Waals surface area contributed by atoms with Gasteiger partial charge in [-0.3, -0.25) is 0 Å². The highest BCUT2D eigenvalue weighted by Gasteiger charge is 2.13. The van der Waals surface area contributed by atoms with Crippen molar-refractivity contribution in [3.63, 3.8) is 0 Å². The molecule has 2 aromatic rings. The molecule has 0 atom stereocenters. The van der Waals surface area contributed by atoms with E-state index in [9.17, 15) is 8.42 Å². The zero-order valence-electron chi connectivity index (χ0n) is 10.4. The van der Waals surface area contributed by atoms with E-state index < -0.39 is 10.0 Å². The van der Waals surface area contributed by atoms with E-state index in [1.165, 1.54) is 12.1 Å². The molecule has 5 heteroatoms. The Morgan fingerprint density at radius 2 is 1.74 bits per heavy atom. The van der Waals surface area contributed by atoms with Gasteiger partial charge in [0.2, 0.25) is 10.0 Å². The van der Waals surface area contributed by atoms with Gasteiger partial charge in [0.15, 0.2) is 0 Å². The van der Waals surface area contributed by atoms with Gasteiger partial charge in [-0.05, 0) is 30.2 Å². The Hall–Kier alpha value is -1.85. The number of anilines is 1. The van der Waals surface area contributed by atoms with Crippen LogP contribution in [0.1, 0.15) is 5.56 Å². The first-order valence-electron chi connectivity index (χ1n) is 5.97. The fraction of sp³-hybridized carbons (Fsp3) is 0.143. The molecule has 100 valence electrons. The molecule has 0 aromatic heterocycles. The molecule has 2 rings (SSSR count). The van der Waals surface area contributed by atoms with Gasteiger partial charge in [-0.25, -0.2) is 13.1 Å². The SMILES string of the molecule is Nc1cccc(S(=O)(=O)NCCc2ccccc2)c1. The Kier molecular flexibility index (Phi) is 4.19. The van der Waals surface area contributed by atoms with Gasteiger partial charge in [0.25, 0.3) is 0 Å². The molecule has 0 fully saturated rings. The van der Waals surface area contributed by atoms with Gasteiger partial charge in [0, 0.05) is 12.2 Å². The fourth-order valence-electron chi connectivity index (χ4n) is 1.74. The highest BCUT2D eigenvalue weighted by molar-refractivity contribution is 7.89. The summed E-state index contributed by atoms with van der Waals surface area (Å²) < 4.78 is 26.6. The summed E-state index contributed by atoms with van der Waals surface area (Å²) >= 11 is 0. The van der Waals surface area contributed by atoms with Gasteiger partial charge in [-0.15, -0.1) is 0 Å². The van der Waals surface area contributed by atoms with Crippen molar-refractivity contribution in [3.05, 3.63) is 60.2 Å². The highest BCUT2D eigenvalue weighted by atomic mass is 32.2. The fourth-order valence-corrected chi connectivity index (χ4v) is 2.83. The summed E-state index contributed by atoms with van der Waals surface area (Å²) in [4.78, 5) is 0.195. The lowest BCUT2D eigenvalue weighted by atomic mass is 10.2. The van der Waals surface area contributed by atoms with Crippen molar-refractivity contribution in [2.45, 2.75) is 11.3 Å². The van der Waals surface area contributed by atoms with E-state index in [-0.39, 0.29) is 4.90 Å². The molecular formula is C14H16N2O2S. The number of nitrogens with one attached hydrogen (secondary N) is 1. The van der Waals surface area contributed by atoms with Crippen molar-refractivity contribution in [3.8, 4) is 0 Å². The first kappa shape index (κ1) is 13.6. The van der Waals surface area contributed by atoms with Crippen molar-refractivity contribution >= 4 is 15.7 Å². The van der Waals surface area contributed by atoms with Crippen LogP contribution in [0.15, 0.2) is 59.5 Å². The normalized spacial score (nSPS) is 11.4. The van der Waals surface area contributed by atoms with E-state index >= 15 is 0 Å². The molecule has 4 nitrogen and oxygen atoms in total. The molecule has 0 aliphatic carbocycles. The smallest absolute Gasteiger partial charge is 0.240 e. The van der Waals surface area contributed by atoms with Gasteiger partial charge in [-0.1, -0.05) is 36.4 Å². The van der Waals surface area contributed by atoms with Crippen molar-refractivity contribution in [1.29, 1.82) is 0 Å². The van der Waals surface area contributed by atoms with Crippen LogP contribution in [0, 0.1) is 0 Å². The molecule has 0 saturated heterocycles. The maximum atomic E-state index is 12.0. The molecule has 0 aliphatic heterocycles. The summed E-state index contributed by atoms with van der Waals surface area (Å²) in [5.41, 5.74) is 7.11. The lowest BCUT2D eigenvalue weighted by Gasteiger charge is -2.07. The molecule has 19 heavy (non-hydrogen) atoms. The van der Waals surface area contributed by atoms with E-state index in [4.69, 9.17) is 5.73 Å². The number of benzene rings is 2. The largest absolute Gasteiger partial charge is 0.399 e. The van der Waals surface area contributed by atoms with Crippen LogP contribution in [0.5, 0.6) is 0 Å². The molecule has 0 heterocycles. The minimum Gasteiger partial charge on any atom is -0.399 e. The summed E-state index contributed by atoms with van der Waals surface area (Å²) in [6, 6.07) is 16.0. The molecule has 0 spiro atoms. The molecule has 0 radical (unpaired) electrons. The number of nitrogens with two attached hydrogens (primary N) is 1. The Morgan fingerprint density at radius 1 is 1.00 bits per heavy atom. The van der Waals surface area contributed by atoms with Crippen LogP contribution in [-0.2, 0) is 16.4 Å². The molecule has 3 N–H and O–H groups in total. The predicted molar refractivity (Wildman–Crippen MR) is 76.2 cm³/mol. The van der Waals surface area contributed by atoms with Crippen molar-refractivity contribution in [2.75, 3.05) is 12.3 Å². The average molecular weight is 276 g/mol. The van der Waals surface area contributed by atoms with E-state index in [2.05, 4.69) is 4.72 Å². The molecule has 0 unspecified atom stereocenters. The zero-order valence-corrected chi connectivity index (χ0v) is 11.2. The first-order valence-corrected chi connectivity index (χ1v) is 7.45. The van der Waals surface area contributed by atoms with Crippen LogP contribution >= 0.6 is 0 Å². The van der Waals surface area contributed by atoms with Crippen LogP contribution in [0.2, 0.25) is 0 Å². The minimum absolute atomic E-state index is 0.195. The molecule has 0 saturated carbocycles. The summed E-state index contributed by atoms with van der Waals surface area (Å²) in [5.74, 6) is 0. The predicted octanol–water partition coefficient (Wildman–Crippen LogP) is 1.79. The van der Waals surface area contributed by atoms with Crippen molar-refractivity contribution < 1.29 is 8.42 Å². The van der Waals surface area contributed by atoms with Gasteiger partial charge in [0.05, 0.1) is 4.90 Å². The highest BCUT2D eigenvalue weighted by Crippen LogP contribution is 2.12. The number of rotatable bonds is 5. The van der Waals surface area contributed by atoms with Crippen LogP contribution in [0.4, 0.5) is 5.69 Å². The maximum Gasteiger partial charge on any atom is 0.240 e. The van der Waals surface area contributed by atoms with Crippen molar-refractivity contribution in [2.24, 2.45) is 0 Å². The van der Waals surface area contributed by atoms with Crippen LogP contribution in [0.25, 0.3) is 0 Å². The number of hydrogen-bond acceptors (Lipinski definition) is 3. The van der Waals surface area contributed by atoms with Crippen LogP contribution in [0.3, 0.4) is 0 Å². The molecule has 2 aromatic carbocycles. The second-order valence-corrected chi connectivity index (χ2v) is 5.97. The molecular weight excluding hydrogens is 260 g/mol. The molecule has 0 aliphatic rings. The third-order valence-electron chi connectivity index (χ3n) is 2.72. The summed E-state index contributed by atoms with van der Waals surface area (Å²) in [6.45, 7) is 0.362. The van der Waals surface area contributed by atoms with E-state index in [0.717, 1.165) is 5.56 Å². The summed E-state index contributed by atoms with van der Waals surface area (Å²) in [5, 5.41) is 0. The lowest BCUT2D eigenvalue weighted by molar-refractivity contribution is 0.581. The quantitative estimate of drug-likeness (QED) is 0.818. The minimum atomic E-state index is -3.48. The second-order valence-electron chi connectivity index (χ2n) is 4.21. The van der Waals surface area contributed by atoms with E-state index in [1.54, 1.807) is 12.1 Å². The van der Waals surface area contributed by atoms with Gasteiger partial charge in [0.1, 0.15) is 0 Å². The number of hydrogen-bond donors (Lipinski definition) is 2. The summed E-state index contributed by atoms with van der Waals surface area (Å²) in [7, 11) is -3.48. The Labute approximate surface area is 113 Å². The standard InChI is InChI=1S/C14H16N2O2S/c15-13-7-4-8-14(11-13)19(17,18)16-10-9-12-5-2-1-3-6-12/h1-8,11,16H,9-10,15H2. The van der Waals surface area contributed by atoms with Crippen LogP contribution in [-0.4, -0.2) is 15.0 Å². The van der Waals surface area contributed by atoms with Gasteiger partial charge >= 0.3 is 0 Å². The lowest BCUT2D eigenvalue weighted by Crippen LogP contribution is -2.26. The molecule has 0 bridgehead atoms. The topological polar surface area (TPSA) is 72.2 Å². The van der Waals surface area contributed by atoms with Crippen molar-refractivity contribution in [1.82, 2.24) is 4.72 Å². The van der Waals surface area contributed by atoms with Crippen LogP contribution < -0.4 is 10.5 Å². The monoisotopic (exact) mass is 276 g/mol. The van der Waals surface area contributed by atoms with Gasteiger partial charge in [-0.2, -0.15) is 0 Å². The number of sulfonamides is 1. The number of nitrogen functional groups attached to an aromatic ring is 1. The Bertz CT molecular complexity index is 640. The Balaban J connectivity index is 1.99. The third-order valence-corrected chi connectivity index (χ3v) is 4.18. The van der Waals surface area contributed by atoms with Gasteiger partial charge < -0.3 is 5.73 Å². The Morgan fingerprint density at radius 3 is 2.42 bits per heavy atom. The average Bonchev–Trinajstić information content (AvgIpc) is 2.40. The second kappa shape index (κ2) is 5.86. The molecule has 0 amide bonds. The maximum absolute atomic E-state index is 12.0. The third kappa shape index (κ3) is 3.81. The van der Waals surface area contributed by atoms with E-state index in [1.807, 2.05) is 30.3 Å². The van der Waals surface area contributed by atoms with E-state index in [0.29, 0.717) is 18.7 Å².